The Kier molecular flexibility index (Phi) is 5.44. The van der Waals surface area contributed by atoms with Gasteiger partial charge in [-0.25, -0.2) is 4.79 Å². The van der Waals surface area contributed by atoms with Crippen LogP contribution in [0.25, 0.3) is 0 Å². The highest BCUT2D eigenvalue weighted by Crippen LogP contribution is 2.33. The van der Waals surface area contributed by atoms with Gasteiger partial charge in [0.05, 0.1) is 5.92 Å². The molecule has 0 unspecified atom stereocenters. The van der Waals surface area contributed by atoms with Gasteiger partial charge in [0.25, 0.3) is 0 Å². The molecule has 0 saturated heterocycles. The summed E-state index contributed by atoms with van der Waals surface area (Å²) >= 11 is 0. The van der Waals surface area contributed by atoms with Gasteiger partial charge in [0.15, 0.2) is 0 Å². The number of urea groups is 1. The number of carbonyl (C=O) groups excluding carboxylic acids is 1. The summed E-state index contributed by atoms with van der Waals surface area (Å²) < 4.78 is 0. The minimum Gasteiger partial charge on any atom is -0.481 e. The van der Waals surface area contributed by atoms with E-state index in [1.807, 2.05) is 0 Å². The van der Waals surface area contributed by atoms with E-state index < -0.39 is 5.97 Å². The maximum atomic E-state index is 12.8. The van der Waals surface area contributed by atoms with Crippen molar-refractivity contribution in [2.24, 2.45) is 11.8 Å². The average molecular weight is 322 g/mol. The summed E-state index contributed by atoms with van der Waals surface area (Å²) in [6, 6.07) is 0.672. The Morgan fingerprint density at radius 3 is 2.13 bits per heavy atom. The van der Waals surface area contributed by atoms with E-state index in [1.54, 1.807) is 0 Å². The molecule has 0 heterocycles. The van der Waals surface area contributed by atoms with Crippen molar-refractivity contribution in [3.8, 4) is 0 Å². The van der Waals surface area contributed by atoms with Crippen LogP contribution in [0.2, 0.25) is 0 Å². The van der Waals surface area contributed by atoms with Crippen LogP contribution in [0.1, 0.15) is 70.6 Å². The average Bonchev–Trinajstić information content (AvgIpc) is 3.38. The molecule has 0 aromatic heterocycles. The molecule has 5 nitrogen and oxygen atoms in total. The van der Waals surface area contributed by atoms with Crippen LogP contribution in [0.3, 0.4) is 0 Å². The second-order valence-electron chi connectivity index (χ2n) is 7.72. The number of carbonyl (C=O) groups is 2. The summed E-state index contributed by atoms with van der Waals surface area (Å²) in [5.41, 5.74) is 0. The van der Waals surface area contributed by atoms with Gasteiger partial charge >= 0.3 is 12.0 Å². The van der Waals surface area contributed by atoms with Gasteiger partial charge in [-0.05, 0) is 57.3 Å². The number of aliphatic carboxylic acids is 1. The summed E-state index contributed by atoms with van der Waals surface area (Å²) in [6.07, 6.45) is 11.6. The summed E-state index contributed by atoms with van der Waals surface area (Å²) in [5, 5.41) is 12.3. The molecule has 3 fully saturated rings. The first-order valence-electron chi connectivity index (χ1n) is 9.43. The van der Waals surface area contributed by atoms with Crippen LogP contribution in [0.5, 0.6) is 0 Å². The Morgan fingerprint density at radius 1 is 0.913 bits per heavy atom. The van der Waals surface area contributed by atoms with E-state index in [0.29, 0.717) is 24.8 Å². The number of amides is 2. The molecule has 2 amide bonds. The molecule has 0 aromatic carbocycles. The summed E-state index contributed by atoms with van der Waals surface area (Å²) in [4.78, 5) is 25.9. The fourth-order valence-corrected chi connectivity index (χ4v) is 4.11. The van der Waals surface area contributed by atoms with Gasteiger partial charge in [-0.15, -0.1) is 0 Å². The molecule has 0 aromatic rings. The highest BCUT2D eigenvalue weighted by molar-refractivity contribution is 5.75. The topological polar surface area (TPSA) is 69.6 Å². The molecule has 0 aliphatic heterocycles. The van der Waals surface area contributed by atoms with E-state index in [1.165, 1.54) is 32.1 Å². The predicted molar refractivity (Wildman–Crippen MR) is 88.2 cm³/mol. The number of rotatable bonds is 5. The van der Waals surface area contributed by atoms with Crippen LogP contribution >= 0.6 is 0 Å². The first-order valence-corrected chi connectivity index (χ1v) is 9.43. The molecule has 0 spiro atoms. The highest BCUT2D eigenvalue weighted by Gasteiger charge is 2.33. The summed E-state index contributed by atoms with van der Waals surface area (Å²) in [7, 11) is 0. The fraction of sp³-hybridized carbons (Fsp3) is 0.889. The predicted octanol–water partition coefficient (Wildman–Crippen LogP) is 3.38. The highest BCUT2D eigenvalue weighted by atomic mass is 16.4. The molecule has 23 heavy (non-hydrogen) atoms. The third-order valence-electron chi connectivity index (χ3n) is 5.83. The van der Waals surface area contributed by atoms with Crippen molar-refractivity contribution in [1.82, 2.24) is 10.2 Å². The van der Waals surface area contributed by atoms with Gasteiger partial charge in [-0.1, -0.05) is 19.3 Å². The van der Waals surface area contributed by atoms with E-state index in [9.17, 15) is 9.59 Å². The molecule has 0 bridgehead atoms. The van der Waals surface area contributed by atoms with Crippen molar-refractivity contribution in [1.29, 1.82) is 0 Å². The van der Waals surface area contributed by atoms with Crippen molar-refractivity contribution in [2.45, 2.75) is 82.7 Å². The Labute approximate surface area is 138 Å². The first-order chi connectivity index (χ1) is 11.1. The molecule has 5 heteroatoms. The van der Waals surface area contributed by atoms with E-state index in [0.717, 1.165) is 32.2 Å². The van der Waals surface area contributed by atoms with E-state index >= 15 is 0 Å². The lowest BCUT2D eigenvalue weighted by Gasteiger charge is -2.36. The maximum absolute atomic E-state index is 12.8. The lowest BCUT2D eigenvalue weighted by Crippen LogP contribution is -2.51. The Balaban J connectivity index is 1.52. The minimum absolute atomic E-state index is 0.0996. The molecular weight excluding hydrogens is 292 g/mol. The lowest BCUT2D eigenvalue weighted by atomic mass is 9.86. The quantitative estimate of drug-likeness (QED) is 0.815. The van der Waals surface area contributed by atoms with Crippen molar-refractivity contribution in [3.05, 3.63) is 0 Å². The SMILES string of the molecule is O=C(O)C1CCC(NC(=O)N(CC2CC2)C2CCCCC2)CC1. The molecule has 130 valence electrons. The van der Waals surface area contributed by atoms with Crippen molar-refractivity contribution < 1.29 is 14.7 Å². The molecule has 0 radical (unpaired) electrons. The van der Waals surface area contributed by atoms with Crippen LogP contribution in [0.4, 0.5) is 4.79 Å². The van der Waals surface area contributed by atoms with Crippen LogP contribution in [-0.2, 0) is 4.79 Å². The summed E-state index contributed by atoms with van der Waals surface area (Å²) in [5.74, 6) is -0.193. The molecule has 3 aliphatic carbocycles. The van der Waals surface area contributed by atoms with Gasteiger partial charge in [0.1, 0.15) is 0 Å². The number of carboxylic acid groups (broad SMARTS) is 1. The van der Waals surface area contributed by atoms with Gasteiger partial charge < -0.3 is 15.3 Å². The first kappa shape index (κ1) is 16.6. The lowest BCUT2D eigenvalue weighted by molar-refractivity contribution is -0.142. The normalized spacial score (nSPS) is 29.0. The van der Waals surface area contributed by atoms with E-state index in [2.05, 4.69) is 10.2 Å². The monoisotopic (exact) mass is 322 g/mol. The second-order valence-corrected chi connectivity index (χ2v) is 7.72. The van der Waals surface area contributed by atoms with Crippen LogP contribution in [-0.4, -0.2) is 40.6 Å². The number of nitrogens with one attached hydrogen (secondary N) is 1. The standard InChI is InChI=1S/C18H30N2O3/c21-17(22)14-8-10-15(11-9-14)19-18(23)20(12-13-6-7-13)16-4-2-1-3-5-16/h13-16H,1-12H2,(H,19,23)(H,21,22). The van der Waals surface area contributed by atoms with Crippen molar-refractivity contribution in [2.75, 3.05) is 6.54 Å². The zero-order valence-corrected chi connectivity index (χ0v) is 14.0. The Morgan fingerprint density at radius 2 is 1.57 bits per heavy atom. The Hall–Kier alpha value is -1.26. The maximum Gasteiger partial charge on any atom is 0.317 e. The summed E-state index contributed by atoms with van der Waals surface area (Å²) in [6.45, 7) is 0.918. The molecule has 3 rings (SSSR count). The number of hydrogen-bond donors (Lipinski definition) is 2. The molecule has 3 aliphatic rings. The number of hydrogen-bond acceptors (Lipinski definition) is 2. The fourth-order valence-electron chi connectivity index (χ4n) is 4.11. The minimum atomic E-state index is -0.688. The largest absolute Gasteiger partial charge is 0.481 e. The zero-order valence-electron chi connectivity index (χ0n) is 14.0. The van der Waals surface area contributed by atoms with Gasteiger partial charge in [0, 0.05) is 18.6 Å². The third-order valence-corrected chi connectivity index (χ3v) is 5.83. The van der Waals surface area contributed by atoms with Crippen molar-refractivity contribution >= 4 is 12.0 Å². The van der Waals surface area contributed by atoms with Gasteiger partial charge in [-0.3, -0.25) is 4.79 Å². The smallest absolute Gasteiger partial charge is 0.317 e. The molecule has 3 saturated carbocycles. The van der Waals surface area contributed by atoms with E-state index in [-0.39, 0.29) is 18.0 Å². The number of carboxylic acids is 1. The van der Waals surface area contributed by atoms with Crippen LogP contribution in [0.15, 0.2) is 0 Å². The van der Waals surface area contributed by atoms with Gasteiger partial charge in [0.2, 0.25) is 0 Å². The Bertz CT molecular complexity index is 422. The third kappa shape index (κ3) is 4.61. The van der Waals surface area contributed by atoms with Gasteiger partial charge in [-0.2, -0.15) is 0 Å². The number of nitrogens with zero attached hydrogens (tertiary/aromatic N) is 1. The molecule has 0 atom stereocenters. The van der Waals surface area contributed by atoms with Crippen molar-refractivity contribution in [3.63, 3.8) is 0 Å². The van der Waals surface area contributed by atoms with E-state index in [4.69, 9.17) is 5.11 Å². The van der Waals surface area contributed by atoms with Crippen LogP contribution < -0.4 is 5.32 Å². The second kappa shape index (κ2) is 7.54. The molecule has 2 N–H and O–H groups in total. The zero-order chi connectivity index (χ0) is 16.2. The van der Waals surface area contributed by atoms with Crippen LogP contribution in [0, 0.1) is 11.8 Å². The molecular formula is C18H30N2O3.